The maximum Gasteiger partial charge on any atom is 0.408 e. The number of hydrogen-bond donors (Lipinski definition) is 2. The predicted molar refractivity (Wildman–Crippen MR) is 95.7 cm³/mol. The van der Waals surface area contributed by atoms with Gasteiger partial charge in [0.25, 0.3) is 0 Å². The highest BCUT2D eigenvalue weighted by atomic mass is 35.5. The number of likely N-dealkylation sites (N-methyl/N-ethyl adjacent to an activating group) is 1. The molecule has 0 radical (unpaired) electrons. The van der Waals surface area contributed by atoms with Crippen molar-refractivity contribution in [2.24, 2.45) is 0 Å². The second-order valence-corrected chi connectivity index (χ2v) is 7.32. The number of rotatable bonds is 7. The minimum atomic E-state index is -0.903. The molecule has 8 heteroatoms. The quantitative estimate of drug-likeness (QED) is 0.765. The molecule has 0 aromatic carbocycles. The van der Waals surface area contributed by atoms with Gasteiger partial charge in [-0.1, -0.05) is 11.6 Å². The fourth-order valence-corrected chi connectivity index (χ4v) is 2.24. The van der Waals surface area contributed by atoms with E-state index in [4.69, 9.17) is 21.4 Å². The van der Waals surface area contributed by atoms with Gasteiger partial charge in [-0.2, -0.15) is 0 Å². The first kappa shape index (κ1) is 21.2. The molecular formula is C17H26ClN3O4. The lowest BCUT2D eigenvalue weighted by atomic mass is 10.1. The minimum absolute atomic E-state index is 0.447. The second kappa shape index (κ2) is 9.01. The van der Waals surface area contributed by atoms with Gasteiger partial charge >= 0.3 is 12.1 Å². The fraction of sp³-hybridized carbons (Fsp3) is 0.588. The summed E-state index contributed by atoms with van der Waals surface area (Å²) in [5.74, 6) is -0.903. The lowest BCUT2D eigenvalue weighted by Gasteiger charge is -2.26. The molecular weight excluding hydrogens is 346 g/mol. The minimum Gasteiger partial charge on any atom is -0.480 e. The van der Waals surface area contributed by atoms with Crippen LogP contribution < -0.4 is 5.32 Å². The molecule has 1 rings (SSSR count). The Hall–Kier alpha value is -1.86. The number of ether oxygens (including phenoxy) is 1. The molecule has 0 spiro atoms. The van der Waals surface area contributed by atoms with Crippen LogP contribution in [-0.2, 0) is 9.53 Å². The molecule has 0 bridgehead atoms. The van der Waals surface area contributed by atoms with Crippen LogP contribution in [0.3, 0.4) is 0 Å². The Morgan fingerprint density at radius 2 is 2.08 bits per heavy atom. The largest absolute Gasteiger partial charge is 0.480 e. The third kappa shape index (κ3) is 7.70. The van der Waals surface area contributed by atoms with Crippen molar-refractivity contribution in [3.63, 3.8) is 0 Å². The van der Waals surface area contributed by atoms with Gasteiger partial charge < -0.3 is 15.2 Å². The van der Waals surface area contributed by atoms with Gasteiger partial charge in [-0.25, -0.2) is 4.79 Å². The van der Waals surface area contributed by atoms with E-state index in [2.05, 4.69) is 10.3 Å². The average Bonchev–Trinajstić information content (AvgIpc) is 2.48. The third-order valence-corrected chi connectivity index (χ3v) is 3.82. The van der Waals surface area contributed by atoms with Crippen molar-refractivity contribution in [2.75, 3.05) is 13.6 Å². The van der Waals surface area contributed by atoms with Crippen molar-refractivity contribution in [1.29, 1.82) is 0 Å². The normalized spacial score (nSPS) is 14.0. The Kier molecular flexibility index (Phi) is 7.63. The van der Waals surface area contributed by atoms with Crippen LogP contribution in [0.4, 0.5) is 4.79 Å². The van der Waals surface area contributed by atoms with Crippen LogP contribution in [0.5, 0.6) is 0 Å². The Morgan fingerprint density at radius 3 is 2.60 bits per heavy atom. The highest BCUT2D eigenvalue weighted by molar-refractivity contribution is 6.30. The summed E-state index contributed by atoms with van der Waals surface area (Å²) in [6, 6.07) is 2.24. The van der Waals surface area contributed by atoms with Crippen molar-refractivity contribution in [2.45, 2.75) is 51.8 Å². The number of alkyl carbamates (subject to hydrolysis) is 1. The fourth-order valence-electron chi connectivity index (χ4n) is 2.07. The zero-order valence-corrected chi connectivity index (χ0v) is 16.0. The average molecular weight is 372 g/mol. The lowest BCUT2D eigenvalue weighted by molar-refractivity contribution is -0.142. The van der Waals surface area contributed by atoms with Crippen LogP contribution in [-0.4, -0.2) is 52.3 Å². The van der Waals surface area contributed by atoms with Crippen molar-refractivity contribution < 1.29 is 19.4 Å². The molecule has 0 fully saturated rings. The topological polar surface area (TPSA) is 91.8 Å². The summed E-state index contributed by atoms with van der Waals surface area (Å²) in [5, 5.41) is 12.4. The standard InChI is InChI=1S/C17H26ClN3O4/c1-11(15(22)23)21(5)9-7-13(14-10-12(18)6-8-19-14)20-16(24)25-17(2,3)4/h6,8,10-11,13H,7,9H2,1-5H3,(H,20,24)(H,22,23)/t11-,13-/m0/s1. The first-order valence-corrected chi connectivity index (χ1v) is 8.41. The van der Waals surface area contributed by atoms with Crippen LogP contribution in [0.1, 0.15) is 45.9 Å². The number of aromatic nitrogens is 1. The predicted octanol–water partition coefficient (Wildman–Crippen LogP) is 3.10. The molecule has 0 saturated heterocycles. The summed E-state index contributed by atoms with van der Waals surface area (Å²) < 4.78 is 5.29. The Balaban J connectivity index is 2.85. The van der Waals surface area contributed by atoms with Gasteiger partial charge in [0.1, 0.15) is 11.6 Å². The van der Waals surface area contributed by atoms with E-state index in [1.165, 1.54) is 0 Å². The highest BCUT2D eigenvalue weighted by Gasteiger charge is 2.23. The van der Waals surface area contributed by atoms with Gasteiger partial charge in [0.2, 0.25) is 0 Å². The molecule has 1 amide bonds. The number of carbonyl (C=O) groups is 2. The van der Waals surface area contributed by atoms with E-state index in [0.29, 0.717) is 23.7 Å². The summed E-state index contributed by atoms with van der Waals surface area (Å²) >= 11 is 6.01. The van der Waals surface area contributed by atoms with Gasteiger partial charge in [0, 0.05) is 17.8 Å². The number of halogens is 1. The van der Waals surface area contributed by atoms with Crippen LogP contribution in [0.15, 0.2) is 18.3 Å². The zero-order chi connectivity index (χ0) is 19.2. The summed E-state index contributed by atoms with van der Waals surface area (Å²) in [6.45, 7) is 7.39. The number of carbonyl (C=O) groups excluding carboxylic acids is 1. The first-order valence-electron chi connectivity index (χ1n) is 8.03. The molecule has 1 aromatic rings. The van der Waals surface area contributed by atoms with E-state index in [0.717, 1.165) is 0 Å². The van der Waals surface area contributed by atoms with Gasteiger partial charge in [-0.3, -0.25) is 14.7 Å². The molecule has 0 aliphatic carbocycles. The van der Waals surface area contributed by atoms with E-state index in [1.54, 1.807) is 58.0 Å². The van der Waals surface area contributed by atoms with Crippen molar-refractivity contribution in [1.82, 2.24) is 15.2 Å². The van der Waals surface area contributed by atoms with Crippen molar-refractivity contribution >= 4 is 23.7 Å². The molecule has 1 heterocycles. The van der Waals surface area contributed by atoms with Gasteiger partial charge in [-0.05, 0) is 53.3 Å². The highest BCUT2D eigenvalue weighted by Crippen LogP contribution is 2.20. The van der Waals surface area contributed by atoms with Crippen molar-refractivity contribution in [3.05, 3.63) is 29.0 Å². The number of amides is 1. The Morgan fingerprint density at radius 1 is 1.44 bits per heavy atom. The summed E-state index contributed by atoms with van der Waals surface area (Å²) in [7, 11) is 1.72. The number of carboxylic acid groups (broad SMARTS) is 1. The van der Waals surface area contributed by atoms with Gasteiger partial charge in [0.15, 0.2) is 0 Å². The molecule has 0 aliphatic rings. The Labute approximate surface area is 153 Å². The smallest absolute Gasteiger partial charge is 0.408 e. The maximum atomic E-state index is 12.1. The molecule has 0 unspecified atom stereocenters. The number of nitrogens with one attached hydrogen (secondary N) is 1. The first-order chi connectivity index (χ1) is 11.5. The zero-order valence-electron chi connectivity index (χ0n) is 15.2. The number of nitrogens with zero attached hydrogens (tertiary/aromatic N) is 2. The maximum absolute atomic E-state index is 12.1. The van der Waals surface area contributed by atoms with Gasteiger partial charge in [-0.15, -0.1) is 0 Å². The van der Waals surface area contributed by atoms with Crippen LogP contribution in [0.25, 0.3) is 0 Å². The lowest BCUT2D eigenvalue weighted by Crippen LogP contribution is -2.39. The van der Waals surface area contributed by atoms with E-state index < -0.39 is 29.7 Å². The molecule has 1 aromatic heterocycles. The Bertz CT molecular complexity index is 604. The molecule has 25 heavy (non-hydrogen) atoms. The molecule has 2 N–H and O–H groups in total. The number of carboxylic acids is 1. The number of hydrogen-bond acceptors (Lipinski definition) is 5. The summed E-state index contributed by atoms with van der Waals surface area (Å²) in [6.07, 6.45) is 1.46. The van der Waals surface area contributed by atoms with E-state index in [-0.39, 0.29) is 0 Å². The van der Waals surface area contributed by atoms with Crippen LogP contribution in [0, 0.1) is 0 Å². The molecule has 2 atom stereocenters. The summed E-state index contributed by atoms with van der Waals surface area (Å²) in [5.41, 5.74) is -0.0277. The van der Waals surface area contributed by atoms with Crippen molar-refractivity contribution in [3.8, 4) is 0 Å². The van der Waals surface area contributed by atoms with E-state index in [1.807, 2.05) is 0 Å². The molecule has 0 aliphatic heterocycles. The molecule has 140 valence electrons. The van der Waals surface area contributed by atoms with E-state index >= 15 is 0 Å². The summed E-state index contributed by atoms with van der Waals surface area (Å²) in [4.78, 5) is 29.1. The molecule has 7 nitrogen and oxygen atoms in total. The van der Waals surface area contributed by atoms with E-state index in [9.17, 15) is 9.59 Å². The van der Waals surface area contributed by atoms with Crippen LogP contribution in [0.2, 0.25) is 5.02 Å². The monoisotopic (exact) mass is 371 g/mol. The number of aliphatic carboxylic acids is 1. The molecule has 0 saturated carbocycles. The number of pyridine rings is 1. The second-order valence-electron chi connectivity index (χ2n) is 6.88. The van der Waals surface area contributed by atoms with Gasteiger partial charge in [0.05, 0.1) is 11.7 Å². The SMILES string of the molecule is C[C@@H](C(=O)O)N(C)CC[C@H](NC(=O)OC(C)(C)C)c1cc(Cl)ccn1. The van der Waals surface area contributed by atoms with Crippen LogP contribution >= 0.6 is 11.6 Å². The third-order valence-electron chi connectivity index (χ3n) is 3.58.